The standard InChI is InChI=1S/C11H14N4O4S/c1-14(2)20(18,19)15-8-5-7(11(16)17)12-10(8)9(13-15)6-3-4-6/h5-6,12H,3-4H2,1-2H3,(H,16,17). The number of hydrogen-bond donors (Lipinski definition) is 2. The minimum absolute atomic E-state index is 0.0398. The summed E-state index contributed by atoms with van der Waals surface area (Å²) in [4.78, 5) is 13.8. The van der Waals surface area contributed by atoms with Gasteiger partial charge in [-0.15, -0.1) is 4.09 Å². The van der Waals surface area contributed by atoms with E-state index in [1.165, 1.54) is 20.2 Å². The number of fused-ring (bicyclic) bond motifs is 1. The Labute approximate surface area is 115 Å². The van der Waals surface area contributed by atoms with Gasteiger partial charge in [-0.05, 0) is 18.9 Å². The number of aromatic amines is 1. The number of hydrogen-bond acceptors (Lipinski definition) is 4. The van der Waals surface area contributed by atoms with Crippen LogP contribution in [0.4, 0.5) is 0 Å². The molecule has 3 rings (SSSR count). The molecule has 0 bridgehead atoms. The molecule has 1 aliphatic rings. The quantitative estimate of drug-likeness (QED) is 0.859. The third kappa shape index (κ3) is 1.81. The van der Waals surface area contributed by atoms with Gasteiger partial charge in [0.15, 0.2) is 0 Å². The van der Waals surface area contributed by atoms with Gasteiger partial charge in [-0.3, -0.25) is 0 Å². The molecule has 0 amide bonds. The van der Waals surface area contributed by atoms with E-state index in [0.29, 0.717) is 11.2 Å². The fourth-order valence-electron chi connectivity index (χ4n) is 2.08. The van der Waals surface area contributed by atoms with Gasteiger partial charge in [-0.1, -0.05) is 0 Å². The van der Waals surface area contributed by atoms with Gasteiger partial charge >= 0.3 is 16.2 Å². The molecular formula is C11H14N4O4S. The molecule has 2 aromatic rings. The van der Waals surface area contributed by atoms with E-state index >= 15 is 0 Å². The summed E-state index contributed by atoms with van der Waals surface area (Å²) in [6.07, 6.45) is 1.88. The monoisotopic (exact) mass is 298 g/mol. The largest absolute Gasteiger partial charge is 0.477 e. The van der Waals surface area contributed by atoms with Crippen molar-refractivity contribution in [2.24, 2.45) is 0 Å². The normalized spacial score (nSPS) is 16.1. The van der Waals surface area contributed by atoms with Crippen LogP contribution in [0.2, 0.25) is 0 Å². The van der Waals surface area contributed by atoms with E-state index in [9.17, 15) is 13.2 Å². The van der Waals surface area contributed by atoms with Gasteiger partial charge in [0.25, 0.3) is 0 Å². The summed E-state index contributed by atoms with van der Waals surface area (Å²) in [5.41, 5.74) is 1.35. The van der Waals surface area contributed by atoms with Crippen LogP contribution in [0.3, 0.4) is 0 Å². The fourth-order valence-corrected chi connectivity index (χ4v) is 2.97. The maximum atomic E-state index is 12.2. The summed E-state index contributed by atoms with van der Waals surface area (Å²) in [5, 5.41) is 13.2. The molecule has 1 saturated carbocycles. The first-order valence-electron chi connectivity index (χ1n) is 6.10. The zero-order valence-electron chi connectivity index (χ0n) is 11.0. The average Bonchev–Trinajstić information content (AvgIpc) is 2.98. The molecule has 2 N–H and O–H groups in total. The summed E-state index contributed by atoms with van der Waals surface area (Å²) in [6.45, 7) is 0. The number of carbonyl (C=O) groups is 1. The highest BCUT2D eigenvalue weighted by atomic mass is 32.2. The number of carboxylic acid groups (broad SMARTS) is 1. The van der Waals surface area contributed by atoms with Crippen LogP contribution in [0.25, 0.3) is 11.0 Å². The first-order chi connectivity index (χ1) is 9.32. The van der Waals surface area contributed by atoms with Crippen molar-refractivity contribution in [2.45, 2.75) is 18.8 Å². The predicted molar refractivity (Wildman–Crippen MR) is 71.0 cm³/mol. The van der Waals surface area contributed by atoms with E-state index < -0.39 is 16.2 Å². The second-order valence-corrected chi connectivity index (χ2v) is 7.01. The van der Waals surface area contributed by atoms with Crippen molar-refractivity contribution < 1.29 is 18.3 Å². The number of aromatic carboxylic acids is 1. The Hall–Kier alpha value is -1.87. The molecule has 0 aromatic carbocycles. The van der Waals surface area contributed by atoms with Crippen molar-refractivity contribution in [2.75, 3.05) is 14.1 Å². The van der Waals surface area contributed by atoms with Crippen LogP contribution in [-0.2, 0) is 10.2 Å². The molecule has 2 heterocycles. The molecule has 1 fully saturated rings. The number of carboxylic acids is 1. The van der Waals surface area contributed by atoms with Gasteiger partial charge in [0, 0.05) is 20.0 Å². The molecule has 0 radical (unpaired) electrons. The smallest absolute Gasteiger partial charge is 0.352 e. The lowest BCUT2D eigenvalue weighted by Crippen LogP contribution is -2.29. The van der Waals surface area contributed by atoms with E-state index in [2.05, 4.69) is 10.1 Å². The van der Waals surface area contributed by atoms with E-state index in [1.807, 2.05) is 0 Å². The highest BCUT2D eigenvalue weighted by Gasteiger charge is 2.33. The number of aromatic nitrogens is 3. The molecule has 20 heavy (non-hydrogen) atoms. The van der Waals surface area contributed by atoms with Gasteiger partial charge in [-0.2, -0.15) is 17.8 Å². The Morgan fingerprint density at radius 3 is 2.65 bits per heavy atom. The van der Waals surface area contributed by atoms with Crippen LogP contribution < -0.4 is 0 Å². The number of rotatable bonds is 4. The average molecular weight is 298 g/mol. The Balaban J connectivity index is 2.29. The molecular weight excluding hydrogens is 284 g/mol. The minimum Gasteiger partial charge on any atom is -0.477 e. The van der Waals surface area contributed by atoms with Crippen molar-refractivity contribution >= 4 is 27.2 Å². The molecule has 9 heteroatoms. The molecule has 0 spiro atoms. The van der Waals surface area contributed by atoms with Gasteiger partial charge in [0.05, 0.1) is 11.2 Å². The van der Waals surface area contributed by atoms with Crippen LogP contribution >= 0.6 is 0 Å². The van der Waals surface area contributed by atoms with Crippen molar-refractivity contribution in [1.82, 2.24) is 18.5 Å². The Morgan fingerprint density at radius 2 is 2.15 bits per heavy atom. The number of H-pyrrole nitrogens is 1. The van der Waals surface area contributed by atoms with Crippen molar-refractivity contribution in [3.8, 4) is 0 Å². The second-order valence-electron chi connectivity index (χ2n) is 5.04. The molecule has 2 aromatic heterocycles. The van der Waals surface area contributed by atoms with Crippen molar-refractivity contribution in [3.63, 3.8) is 0 Å². The SMILES string of the molecule is CN(C)S(=O)(=O)n1nc(C2CC2)c2[nH]c(C(=O)O)cc21. The minimum atomic E-state index is -3.77. The highest BCUT2D eigenvalue weighted by Crippen LogP contribution is 2.42. The first kappa shape index (κ1) is 13.1. The van der Waals surface area contributed by atoms with E-state index in [0.717, 1.165) is 21.2 Å². The van der Waals surface area contributed by atoms with Gasteiger partial charge in [-0.25, -0.2) is 4.79 Å². The fraction of sp³-hybridized carbons (Fsp3) is 0.455. The van der Waals surface area contributed by atoms with Crippen molar-refractivity contribution in [3.05, 3.63) is 17.5 Å². The number of nitrogens with one attached hydrogen (secondary N) is 1. The second kappa shape index (κ2) is 4.06. The molecule has 0 unspecified atom stereocenters. The molecule has 0 atom stereocenters. The lowest BCUT2D eigenvalue weighted by atomic mass is 10.2. The maximum absolute atomic E-state index is 12.2. The molecule has 108 valence electrons. The van der Waals surface area contributed by atoms with Crippen LogP contribution in [0.5, 0.6) is 0 Å². The summed E-state index contributed by atoms with van der Waals surface area (Å²) in [6, 6.07) is 1.30. The lowest BCUT2D eigenvalue weighted by Gasteiger charge is -2.11. The van der Waals surface area contributed by atoms with E-state index in [-0.39, 0.29) is 17.1 Å². The number of nitrogens with zero attached hydrogens (tertiary/aromatic N) is 3. The van der Waals surface area contributed by atoms with Crippen LogP contribution in [0.1, 0.15) is 34.9 Å². The molecule has 8 nitrogen and oxygen atoms in total. The first-order valence-corrected chi connectivity index (χ1v) is 7.50. The summed E-state index contributed by atoms with van der Waals surface area (Å²) >= 11 is 0. The topological polar surface area (TPSA) is 108 Å². The predicted octanol–water partition coefficient (Wildman–Crippen LogP) is 0.595. The van der Waals surface area contributed by atoms with Gasteiger partial charge < -0.3 is 10.1 Å². The Bertz CT molecular complexity index is 798. The van der Waals surface area contributed by atoms with Crippen molar-refractivity contribution in [1.29, 1.82) is 0 Å². The lowest BCUT2D eigenvalue weighted by molar-refractivity contribution is 0.0691. The highest BCUT2D eigenvalue weighted by molar-refractivity contribution is 7.87. The Kier molecular flexibility index (Phi) is 2.67. The zero-order valence-corrected chi connectivity index (χ0v) is 11.8. The van der Waals surface area contributed by atoms with Crippen LogP contribution in [0.15, 0.2) is 6.07 Å². The Morgan fingerprint density at radius 1 is 1.50 bits per heavy atom. The maximum Gasteiger partial charge on any atom is 0.352 e. The molecule has 1 aliphatic carbocycles. The van der Waals surface area contributed by atoms with Gasteiger partial charge in [0.2, 0.25) is 0 Å². The summed E-state index contributed by atoms with van der Waals surface area (Å²) in [5.74, 6) is -0.923. The summed E-state index contributed by atoms with van der Waals surface area (Å²) < 4.78 is 26.4. The van der Waals surface area contributed by atoms with E-state index in [4.69, 9.17) is 5.11 Å². The van der Waals surface area contributed by atoms with Gasteiger partial charge in [0.1, 0.15) is 11.2 Å². The van der Waals surface area contributed by atoms with E-state index in [1.54, 1.807) is 0 Å². The molecule has 0 aliphatic heterocycles. The summed E-state index contributed by atoms with van der Waals surface area (Å²) in [7, 11) is -0.961. The zero-order chi connectivity index (χ0) is 14.7. The van der Waals surface area contributed by atoms with Crippen LogP contribution in [0, 0.1) is 0 Å². The van der Waals surface area contributed by atoms with Crippen LogP contribution in [-0.4, -0.2) is 52.1 Å². The molecule has 0 saturated heterocycles. The third-order valence-electron chi connectivity index (χ3n) is 3.33. The third-order valence-corrected chi connectivity index (χ3v) is 4.97.